The van der Waals surface area contributed by atoms with Gasteiger partial charge in [-0.25, -0.2) is 12.7 Å². The second kappa shape index (κ2) is 11.5. The van der Waals surface area contributed by atoms with Crippen LogP contribution in [-0.2, 0) is 14.8 Å². The average molecular weight is 422 g/mol. The number of nitrogens with zero attached hydrogens (tertiary/aromatic N) is 2. The first-order valence-corrected chi connectivity index (χ1v) is 7.93. The molecule has 0 aliphatic heterocycles. The highest BCUT2D eigenvalue weighted by Gasteiger charge is 2.13. The molecule has 0 amide bonds. The molecule has 0 aromatic rings. The van der Waals surface area contributed by atoms with Gasteiger partial charge >= 0.3 is 0 Å². The Morgan fingerprint density at radius 2 is 2.10 bits per heavy atom. The van der Waals surface area contributed by atoms with Crippen LogP contribution in [0, 0.1) is 0 Å². The lowest BCUT2D eigenvalue weighted by Gasteiger charge is -2.15. The fourth-order valence-electron chi connectivity index (χ4n) is 1.44. The Labute approximate surface area is 139 Å². The number of ether oxygens (including phenoxy) is 1. The van der Waals surface area contributed by atoms with Crippen LogP contribution in [0.25, 0.3) is 0 Å². The van der Waals surface area contributed by atoms with Crippen LogP contribution in [0.1, 0.15) is 20.3 Å². The molecule has 1 atom stereocenters. The summed E-state index contributed by atoms with van der Waals surface area (Å²) >= 11 is 0. The Morgan fingerprint density at radius 1 is 1.50 bits per heavy atom. The van der Waals surface area contributed by atoms with E-state index in [-0.39, 0.29) is 35.8 Å². The van der Waals surface area contributed by atoms with Crippen molar-refractivity contribution in [1.82, 2.24) is 9.62 Å². The molecule has 9 heteroatoms. The third-order valence-corrected chi connectivity index (χ3v) is 4.43. The van der Waals surface area contributed by atoms with Crippen LogP contribution in [0.15, 0.2) is 4.99 Å². The molecule has 0 bridgehead atoms. The van der Waals surface area contributed by atoms with Gasteiger partial charge in [-0.05, 0) is 20.3 Å². The third-order valence-electron chi connectivity index (χ3n) is 2.56. The topological polar surface area (TPSA) is 97.0 Å². The summed E-state index contributed by atoms with van der Waals surface area (Å²) in [6, 6.07) is 0.0943. The number of nitrogens with one attached hydrogen (secondary N) is 1. The maximum atomic E-state index is 11.5. The highest BCUT2D eigenvalue weighted by Crippen LogP contribution is 1.98. The number of hydrogen-bond acceptors (Lipinski definition) is 4. The lowest BCUT2D eigenvalue weighted by atomic mass is 10.4. The van der Waals surface area contributed by atoms with Crippen molar-refractivity contribution in [3.8, 4) is 0 Å². The van der Waals surface area contributed by atoms with Crippen molar-refractivity contribution in [3.05, 3.63) is 0 Å². The van der Waals surface area contributed by atoms with E-state index in [2.05, 4.69) is 10.3 Å². The minimum absolute atomic E-state index is 0. The molecule has 122 valence electrons. The molecule has 0 aliphatic carbocycles. The zero-order valence-electron chi connectivity index (χ0n) is 12.6. The normalized spacial score (nSPS) is 13.9. The molecule has 0 aromatic carbocycles. The van der Waals surface area contributed by atoms with E-state index in [4.69, 9.17) is 10.5 Å². The van der Waals surface area contributed by atoms with Crippen molar-refractivity contribution in [2.75, 3.05) is 39.6 Å². The van der Waals surface area contributed by atoms with Crippen molar-refractivity contribution in [1.29, 1.82) is 0 Å². The SMILES string of the molecule is CCS(=O)(=O)N(C)CCCN=C(N)NC(C)COC.I. The number of guanidine groups is 1. The number of hydrogen-bond donors (Lipinski definition) is 2. The average Bonchev–Trinajstić information content (AvgIpc) is 2.34. The maximum Gasteiger partial charge on any atom is 0.213 e. The van der Waals surface area contributed by atoms with Crippen molar-refractivity contribution in [2.45, 2.75) is 26.3 Å². The molecule has 0 saturated carbocycles. The molecule has 0 spiro atoms. The van der Waals surface area contributed by atoms with E-state index in [9.17, 15) is 8.42 Å². The van der Waals surface area contributed by atoms with Gasteiger partial charge in [0.25, 0.3) is 0 Å². The van der Waals surface area contributed by atoms with Gasteiger partial charge in [0, 0.05) is 33.3 Å². The largest absolute Gasteiger partial charge is 0.383 e. The smallest absolute Gasteiger partial charge is 0.213 e. The molecule has 0 aromatic heterocycles. The highest BCUT2D eigenvalue weighted by atomic mass is 127. The maximum absolute atomic E-state index is 11.5. The molecular formula is C11H27IN4O3S. The number of methoxy groups -OCH3 is 1. The molecule has 0 aliphatic rings. The first-order chi connectivity index (χ1) is 8.83. The minimum Gasteiger partial charge on any atom is -0.383 e. The second-order valence-corrected chi connectivity index (χ2v) is 6.71. The summed E-state index contributed by atoms with van der Waals surface area (Å²) in [5, 5.41) is 2.98. The van der Waals surface area contributed by atoms with Gasteiger partial charge in [-0.1, -0.05) is 0 Å². The Morgan fingerprint density at radius 3 is 2.60 bits per heavy atom. The predicted octanol–water partition coefficient (Wildman–Crippen LogP) is 0.215. The minimum atomic E-state index is -3.10. The molecule has 7 nitrogen and oxygen atoms in total. The van der Waals surface area contributed by atoms with E-state index in [1.54, 1.807) is 21.1 Å². The number of rotatable bonds is 9. The second-order valence-electron chi connectivity index (χ2n) is 4.34. The van der Waals surface area contributed by atoms with Crippen LogP contribution in [0.4, 0.5) is 0 Å². The fourth-order valence-corrected chi connectivity index (χ4v) is 2.29. The van der Waals surface area contributed by atoms with E-state index in [1.165, 1.54) is 4.31 Å². The van der Waals surface area contributed by atoms with Gasteiger partial charge in [-0.3, -0.25) is 4.99 Å². The number of sulfonamides is 1. The van der Waals surface area contributed by atoms with Crippen LogP contribution in [0.3, 0.4) is 0 Å². The molecule has 0 saturated heterocycles. The van der Waals surface area contributed by atoms with Crippen LogP contribution in [0.2, 0.25) is 0 Å². The molecule has 0 fully saturated rings. The van der Waals surface area contributed by atoms with Crippen molar-refractivity contribution < 1.29 is 13.2 Å². The van der Waals surface area contributed by atoms with Crippen molar-refractivity contribution in [3.63, 3.8) is 0 Å². The van der Waals surface area contributed by atoms with Gasteiger partial charge in [-0.15, -0.1) is 24.0 Å². The van der Waals surface area contributed by atoms with E-state index < -0.39 is 10.0 Å². The number of aliphatic imine (C=N–C) groups is 1. The molecule has 0 heterocycles. The number of halogens is 1. The van der Waals surface area contributed by atoms with Crippen LogP contribution < -0.4 is 11.1 Å². The van der Waals surface area contributed by atoms with E-state index in [0.29, 0.717) is 32.1 Å². The summed E-state index contributed by atoms with van der Waals surface area (Å²) in [6.45, 7) is 5.05. The standard InChI is InChI=1S/C11H26N4O3S.HI/c1-5-19(16,17)15(3)8-6-7-13-11(12)14-10(2)9-18-4;/h10H,5-9H2,1-4H3,(H3,12,13,14);1H. The quantitative estimate of drug-likeness (QED) is 0.240. The van der Waals surface area contributed by atoms with Gasteiger partial charge in [-0.2, -0.15) is 0 Å². The molecule has 0 rings (SSSR count). The van der Waals surface area contributed by atoms with Gasteiger partial charge in [0.05, 0.1) is 12.4 Å². The van der Waals surface area contributed by atoms with Gasteiger partial charge in [0.15, 0.2) is 5.96 Å². The van der Waals surface area contributed by atoms with Crippen LogP contribution in [0.5, 0.6) is 0 Å². The summed E-state index contributed by atoms with van der Waals surface area (Å²) in [5.74, 6) is 0.468. The summed E-state index contributed by atoms with van der Waals surface area (Å²) in [6.07, 6.45) is 0.636. The molecule has 0 radical (unpaired) electrons. The number of nitrogens with two attached hydrogens (primary N) is 1. The van der Waals surface area contributed by atoms with Crippen LogP contribution >= 0.6 is 24.0 Å². The lowest BCUT2D eigenvalue weighted by Crippen LogP contribution is -2.40. The zero-order valence-corrected chi connectivity index (χ0v) is 15.8. The Hall–Kier alpha value is -0.130. The third kappa shape index (κ3) is 9.72. The first kappa shape index (κ1) is 22.2. The molecule has 3 N–H and O–H groups in total. The van der Waals surface area contributed by atoms with Crippen molar-refractivity contribution in [2.24, 2.45) is 10.7 Å². The summed E-state index contributed by atoms with van der Waals surface area (Å²) in [4.78, 5) is 4.13. The van der Waals surface area contributed by atoms with Gasteiger partial charge in [0.2, 0.25) is 10.0 Å². The Kier molecular flexibility index (Phi) is 12.8. The van der Waals surface area contributed by atoms with Crippen molar-refractivity contribution >= 4 is 40.0 Å². The van der Waals surface area contributed by atoms with Crippen LogP contribution in [-0.4, -0.2) is 64.3 Å². The predicted molar refractivity (Wildman–Crippen MR) is 93.1 cm³/mol. The molecule has 20 heavy (non-hydrogen) atoms. The summed E-state index contributed by atoms with van der Waals surface area (Å²) in [5.41, 5.74) is 5.69. The monoisotopic (exact) mass is 422 g/mol. The van der Waals surface area contributed by atoms with Gasteiger partial charge in [0.1, 0.15) is 0 Å². The summed E-state index contributed by atoms with van der Waals surface area (Å²) < 4.78 is 29.3. The first-order valence-electron chi connectivity index (χ1n) is 6.32. The van der Waals surface area contributed by atoms with Gasteiger partial charge < -0.3 is 15.8 Å². The summed E-state index contributed by atoms with van der Waals surface area (Å²) in [7, 11) is 0.0910. The lowest BCUT2D eigenvalue weighted by molar-refractivity contribution is 0.179. The van der Waals surface area contributed by atoms with E-state index in [1.807, 2.05) is 6.92 Å². The molecule has 1 unspecified atom stereocenters. The Balaban J connectivity index is 0. The fraction of sp³-hybridized carbons (Fsp3) is 0.909. The zero-order chi connectivity index (χ0) is 14.9. The van der Waals surface area contributed by atoms with E-state index >= 15 is 0 Å². The Bertz CT molecular complexity index is 376. The highest BCUT2D eigenvalue weighted by molar-refractivity contribution is 14.0. The van der Waals surface area contributed by atoms with E-state index in [0.717, 1.165) is 0 Å². The molecular weight excluding hydrogens is 395 g/mol.